The van der Waals surface area contributed by atoms with Crippen molar-refractivity contribution in [3.63, 3.8) is 0 Å². The maximum absolute atomic E-state index is 14.5. The zero-order chi connectivity index (χ0) is 24.4. The van der Waals surface area contributed by atoms with E-state index in [0.29, 0.717) is 44.7 Å². The normalized spacial score (nSPS) is 19.0. The van der Waals surface area contributed by atoms with Crippen molar-refractivity contribution in [3.05, 3.63) is 94.0 Å². The predicted octanol–water partition coefficient (Wildman–Crippen LogP) is 3.36. The molecule has 2 atom stereocenters. The van der Waals surface area contributed by atoms with E-state index in [4.69, 9.17) is 0 Å². The third-order valence-electron chi connectivity index (χ3n) is 6.84. The van der Waals surface area contributed by atoms with Gasteiger partial charge in [-0.1, -0.05) is 18.2 Å². The Hall–Kier alpha value is -4.01. The maximum Gasteiger partial charge on any atom is 0.269 e. The minimum Gasteiger partial charge on any atom is -0.365 e. The Balaban J connectivity index is 1.40. The molecule has 1 aromatic heterocycles. The molecule has 2 aromatic carbocycles. The van der Waals surface area contributed by atoms with Crippen LogP contribution in [0.3, 0.4) is 0 Å². The highest BCUT2D eigenvalue weighted by molar-refractivity contribution is 5.82. The van der Waals surface area contributed by atoms with Crippen LogP contribution in [0.5, 0.6) is 0 Å². The maximum atomic E-state index is 14.5. The number of carbonyl (C=O) groups is 1. The number of hydrogen-bond donors (Lipinski definition) is 1. The fraction of sp³-hybridized carbons (Fsp3) is 0.308. The molecule has 1 saturated heterocycles. The Morgan fingerprint density at radius 3 is 2.71 bits per heavy atom. The molecule has 8 nitrogen and oxygen atoms in total. The molecular weight excluding hydrogens is 449 g/mol. The van der Waals surface area contributed by atoms with Gasteiger partial charge in [-0.2, -0.15) is 0 Å². The molecule has 1 fully saturated rings. The molecule has 0 saturated carbocycles. The highest BCUT2D eigenvalue weighted by Crippen LogP contribution is 2.38. The number of carbonyl (C=O) groups excluding carboxylic acids is 1. The average molecular weight is 476 g/mol. The van der Waals surface area contributed by atoms with Gasteiger partial charge in [0.2, 0.25) is 5.91 Å². The summed E-state index contributed by atoms with van der Waals surface area (Å²) in [5.74, 6) is -0.824. The molecule has 0 unspecified atom stereocenters. The van der Waals surface area contributed by atoms with Crippen LogP contribution in [0.15, 0.2) is 66.9 Å². The zero-order valence-corrected chi connectivity index (χ0v) is 19.1. The second kappa shape index (κ2) is 9.69. The molecular formula is C26H26FN5O3. The molecule has 0 aliphatic carbocycles. The molecule has 2 aliphatic heterocycles. The SMILES string of the molecule is O=C(NCCc1ccccn1)[C@H]1Cc2cc([N+](=O)[O-])ccc2N2CCN(c3ccccc3F)C[C@@H]12. The third kappa shape index (κ3) is 4.66. The molecule has 180 valence electrons. The van der Waals surface area contributed by atoms with E-state index in [-0.39, 0.29) is 23.5 Å². The van der Waals surface area contributed by atoms with Gasteiger partial charge in [-0.05, 0) is 42.3 Å². The van der Waals surface area contributed by atoms with E-state index < -0.39 is 10.8 Å². The van der Waals surface area contributed by atoms with Crippen LogP contribution in [0.1, 0.15) is 11.3 Å². The van der Waals surface area contributed by atoms with E-state index >= 15 is 0 Å². The second-order valence-electron chi connectivity index (χ2n) is 8.90. The number of nitro groups is 1. The number of nitro benzene ring substituents is 1. The van der Waals surface area contributed by atoms with Gasteiger partial charge in [-0.3, -0.25) is 19.9 Å². The summed E-state index contributed by atoms with van der Waals surface area (Å²) < 4.78 is 14.5. The molecule has 3 aromatic rings. The first-order valence-electron chi connectivity index (χ1n) is 11.7. The van der Waals surface area contributed by atoms with Crippen molar-refractivity contribution >= 4 is 23.0 Å². The summed E-state index contributed by atoms with van der Waals surface area (Å²) in [4.78, 5) is 32.8. The van der Waals surface area contributed by atoms with E-state index in [2.05, 4.69) is 15.2 Å². The number of fused-ring (bicyclic) bond motifs is 3. The summed E-state index contributed by atoms with van der Waals surface area (Å²) in [6.45, 7) is 2.09. The molecule has 3 heterocycles. The van der Waals surface area contributed by atoms with Crippen LogP contribution in [0.2, 0.25) is 0 Å². The number of nitrogens with one attached hydrogen (secondary N) is 1. The molecule has 0 spiro atoms. The minimum absolute atomic E-state index is 0.0153. The van der Waals surface area contributed by atoms with Gasteiger partial charge >= 0.3 is 0 Å². The molecule has 0 bridgehead atoms. The standard InChI is InChI=1S/C26H26FN5O3/c27-22-6-1-2-7-24(22)30-13-14-31-23-9-8-20(32(34)35)15-18(23)16-21(25(31)17-30)26(33)29-12-10-19-5-3-4-11-28-19/h1-9,11,15,21,25H,10,12-14,16-17H2,(H,29,33)/t21-,25-/m0/s1. The minimum atomic E-state index is -0.428. The lowest BCUT2D eigenvalue weighted by Gasteiger charge is -2.49. The van der Waals surface area contributed by atoms with E-state index in [1.165, 1.54) is 12.1 Å². The lowest BCUT2D eigenvalue weighted by molar-refractivity contribution is -0.384. The summed E-state index contributed by atoms with van der Waals surface area (Å²) in [6, 6.07) is 17.0. The number of nitrogens with zero attached hydrogens (tertiary/aromatic N) is 4. The van der Waals surface area contributed by atoms with Crippen LogP contribution >= 0.6 is 0 Å². The molecule has 0 radical (unpaired) electrons. The summed E-state index contributed by atoms with van der Waals surface area (Å²) >= 11 is 0. The van der Waals surface area contributed by atoms with Crippen LogP contribution in [-0.4, -0.2) is 48.0 Å². The number of halogens is 1. The fourth-order valence-corrected chi connectivity index (χ4v) is 5.14. The average Bonchev–Trinajstić information content (AvgIpc) is 2.88. The Kier molecular flexibility index (Phi) is 6.31. The predicted molar refractivity (Wildman–Crippen MR) is 131 cm³/mol. The van der Waals surface area contributed by atoms with Crippen molar-refractivity contribution in [1.29, 1.82) is 0 Å². The quantitative estimate of drug-likeness (QED) is 0.434. The number of pyridine rings is 1. The largest absolute Gasteiger partial charge is 0.365 e. The first-order valence-corrected chi connectivity index (χ1v) is 11.7. The van der Waals surface area contributed by atoms with E-state index in [9.17, 15) is 19.3 Å². The van der Waals surface area contributed by atoms with Gasteiger partial charge in [0.05, 0.1) is 22.6 Å². The number of amides is 1. The number of aromatic nitrogens is 1. The molecule has 9 heteroatoms. The van der Waals surface area contributed by atoms with Crippen molar-refractivity contribution in [3.8, 4) is 0 Å². The van der Waals surface area contributed by atoms with Gasteiger partial charge in [-0.25, -0.2) is 4.39 Å². The Labute approximate surface area is 202 Å². The van der Waals surface area contributed by atoms with Gasteiger partial charge in [-0.15, -0.1) is 0 Å². The van der Waals surface area contributed by atoms with Crippen molar-refractivity contribution < 1.29 is 14.1 Å². The molecule has 35 heavy (non-hydrogen) atoms. The number of hydrogen-bond acceptors (Lipinski definition) is 6. The lowest BCUT2D eigenvalue weighted by atomic mass is 9.83. The lowest BCUT2D eigenvalue weighted by Crippen LogP contribution is -2.61. The van der Waals surface area contributed by atoms with Crippen molar-refractivity contribution in [1.82, 2.24) is 10.3 Å². The highest BCUT2D eigenvalue weighted by atomic mass is 19.1. The number of rotatable bonds is 6. The van der Waals surface area contributed by atoms with Gasteiger partial charge in [0.1, 0.15) is 5.82 Å². The fourth-order valence-electron chi connectivity index (χ4n) is 5.14. The number of benzene rings is 2. The van der Waals surface area contributed by atoms with Gasteiger partial charge in [0, 0.05) is 62.3 Å². The number of anilines is 2. The van der Waals surface area contributed by atoms with Crippen molar-refractivity contribution in [2.75, 3.05) is 36.0 Å². The van der Waals surface area contributed by atoms with Crippen LogP contribution in [0.25, 0.3) is 0 Å². The van der Waals surface area contributed by atoms with Crippen molar-refractivity contribution in [2.45, 2.75) is 18.9 Å². The summed E-state index contributed by atoms with van der Waals surface area (Å²) in [7, 11) is 0. The van der Waals surface area contributed by atoms with Crippen LogP contribution in [0, 0.1) is 21.8 Å². The van der Waals surface area contributed by atoms with Crippen LogP contribution in [0.4, 0.5) is 21.5 Å². The first kappa shape index (κ1) is 22.8. The Morgan fingerprint density at radius 2 is 1.94 bits per heavy atom. The highest BCUT2D eigenvalue weighted by Gasteiger charge is 2.42. The summed E-state index contributed by atoms with van der Waals surface area (Å²) in [5, 5.41) is 14.4. The number of para-hydroxylation sites is 1. The topological polar surface area (TPSA) is 91.6 Å². The van der Waals surface area contributed by atoms with Crippen LogP contribution in [-0.2, 0) is 17.6 Å². The van der Waals surface area contributed by atoms with Crippen molar-refractivity contribution in [2.24, 2.45) is 5.92 Å². The van der Waals surface area contributed by atoms with E-state index in [0.717, 1.165) is 16.9 Å². The Bertz CT molecular complexity index is 1240. The molecule has 1 amide bonds. The number of piperazine rings is 1. The third-order valence-corrected chi connectivity index (χ3v) is 6.84. The summed E-state index contributed by atoms with van der Waals surface area (Å²) in [5.41, 5.74) is 3.13. The zero-order valence-electron chi connectivity index (χ0n) is 19.1. The molecule has 1 N–H and O–H groups in total. The first-order chi connectivity index (χ1) is 17.0. The number of non-ortho nitro benzene ring substituents is 1. The Morgan fingerprint density at radius 1 is 1.11 bits per heavy atom. The summed E-state index contributed by atoms with van der Waals surface area (Å²) in [6.07, 6.45) is 2.72. The molecule has 2 aliphatic rings. The van der Waals surface area contributed by atoms with Gasteiger partial charge in [0.25, 0.3) is 5.69 Å². The second-order valence-corrected chi connectivity index (χ2v) is 8.90. The monoisotopic (exact) mass is 475 g/mol. The van der Waals surface area contributed by atoms with Crippen LogP contribution < -0.4 is 15.1 Å². The van der Waals surface area contributed by atoms with Gasteiger partial charge in [0.15, 0.2) is 0 Å². The smallest absolute Gasteiger partial charge is 0.269 e. The van der Waals surface area contributed by atoms with E-state index in [1.807, 2.05) is 29.2 Å². The van der Waals surface area contributed by atoms with E-state index in [1.54, 1.807) is 30.5 Å². The molecule has 5 rings (SSSR count). The van der Waals surface area contributed by atoms with Gasteiger partial charge < -0.3 is 15.1 Å².